The normalized spacial score (nSPS) is 20.5. The molecule has 3 atom stereocenters. The molecule has 1 saturated heterocycles. The lowest BCUT2D eigenvalue weighted by Gasteiger charge is -2.32. The van der Waals surface area contributed by atoms with E-state index < -0.39 is 17.3 Å². The molecule has 36 heavy (non-hydrogen) atoms. The Hall–Kier alpha value is -2.83. The average molecular weight is 508 g/mol. The maximum absolute atomic E-state index is 13.2. The molecule has 200 valence electrons. The van der Waals surface area contributed by atoms with E-state index >= 15 is 0 Å². The fourth-order valence-electron chi connectivity index (χ4n) is 3.98. The molecule has 0 unspecified atom stereocenters. The predicted molar refractivity (Wildman–Crippen MR) is 131 cm³/mol. The van der Waals surface area contributed by atoms with Crippen LogP contribution in [-0.4, -0.2) is 81.9 Å². The van der Waals surface area contributed by atoms with E-state index in [0.29, 0.717) is 43.9 Å². The SMILES string of the molecule is CCOC[C@H]1O[C@@H](n2cnc3c(N(CC(C)(C)OC=O)C(=O)OC(C)(C)C)ncnc32)C[C@H]1OCC. The first-order valence-corrected chi connectivity index (χ1v) is 12.1. The molecule has 1 aliphatic rings. The van der Waals surface area contributed by atoms with Gasteiger partial charge in [0.25, 0.3) is 6.47 Å². The van der Waals surface area contributed by atoms with Crippen molar-refractivity contribution in [1.82, 2.24) is 19.5 Å². The molecule has 1 amide bonds. The molecule has 0 radical (unpaired) electrons. The smallest absolute Gasteiger partial charge is 0.416 e. The molecule has 2 aromatic heterocycles. The minimum Gasteiger partial charge on any atom is -0.460 e. The van der Waals surface area contributed by atoms with Gasteiger partial charge in [0.1, 0.15) is 29.9 Å². The second kappa shape index (κ2) is 11.5. The van der Waals surface area contributed by atoms with Crippen molar-refractivity contribution in [3.63, 3.8) is 0 Å². The van der Waals surface area contributed by atoms with Crippen LogP contribution >= 0.6 is 0 Å². The first-order chi connectivity index (χ1) is 17.0. The molecule has 1 fully saturated rings. The highest BCUT2D eigenvalue weighted by Crippen LogP contribution is 2.34. The van der Waals surface area contributed by atoms with E-state index in [1.807, 2.05) is 13.8 Å². The van der Waals surface area contributed by atoms with Crippen LogP contribution in [0.3, 0.4) is 0 Å². The molecule has 1 aliphatic heterocycles. The Morgan fingerprint density at radius 3 is 2.58 bits per heavy atom. The van der Waals surface area contributed by atoms with Gasteiger partial charge in [0.2, 0.25) is 0 Å². The molecule has 3 rings (SSSR count). The molecule has 0 bridgehead atoms. The van der Waals surface area contributed by atoms with Crippen molar-refractivity contribution in [3.8, 4) is 0 Å². The first-order valence-electron chi connectivity index (χ1n) is 12.1. The molecule has 0 aliphatic carbocycles. The third-order valence-corrected chi connectivity index (χ3v) is 5.47. The van der Waals surface area contributed by atoms with Crippen molar-refractivity contribution >= 4 is 29.5 Å². The molecule has 0 N–H and O–H groups in total. The second-order valence-electron chi connectivity index (χ2n) is 10.1. The Morgan fingerprint density at radius 2 is 1.94 bits per heavy atom. The van der Waals surface area contributed by atoms with Crippen LogP contribution in [0.4, 0.5) is 10.6 Å². The number of ether oxygens (including phenoxy) is 5. The van der Waals surface area contributed by atoms with Crippen LogP contribution in [0.2, 0.25) is 0 Å². The lowest BCUT2D eigenvalue weighted by atomic mass is 10.1. The van der Waals surface area contributed by atoms with Crippen molar-refractivity contribution in [2.75, 3.05) is 31.3 Å². The standard InChI is InChI=1S/C24H37N5O7/c1-8-32-11-17-16(33-9-2)10-18(35-17)29-14-27-19-20(25-13-26-21(19)29)28(12-24(6,7)34-15-30)22(31)36-23(3,4)5/h13-18H,8-12H2,1-7H3/t16-,17-,18-/m1/s1. The number of hydrogen-bond acceptors (Lipinski definition) is 10. The monoisotopic (exact) mass is 507 g/mol. The number of rotatable bonds is 11. The van der Waals surface area contributed by atoms with E-state index in [0.717, 1.165) is 0 Å². The van der Waals surface area contributed by atoms with Crippen LogP contribution in [0.25, 0.3) is 11.2 Å². The molecule has 3 heterocycles. The van der Waals surface area contributed by atoms with Gasteiger partial charge < -0.3 is 23.7 Å². The third kappa shape index (κ3) is 6.68. The molecule has 12 nitrogen and oxygen atoms in total. The summed E-state index contributed by atoms with van der Waals surface area (Å²) >= 11 is 0. The Labute approximate surface area is 211 Å². The highest BCUT2D eigenvalue weighted by atomic mass is 16.6. The molecule has 12 heteroatoms. The highest BCUT2D eigenvalue weighted by molar-refractivity contribution is 5.95. The van der Waals surface area contributed by atoms with Crippen molar-refractivity contribution in [2.45, 2.75) is 84.5 Å². The van der Waals surface area contributed by atoms with Gasteiger partial charge in [0.05, 0.1) is 25.6 Å². The van der Waals surface area contributed by atoms with Crippen molar-refractivity contribution in [2.24, 2.45) is 0 Å². The van der Waals surface area contributed by atoms with Gasteiger partial charge >= 0.3 is 6.09 Å². The van der Waals surface area contributed by atoms with Gasteiger partial charge in [-0.15, -0.1) is 0 Å². The summed E-state index contributed by atoms with van der Waals surface area (Å²) in [7, 11) is 0. The number of nitrogens with zero attached hydrogens (tertiary/aromatic N) is 5. The zero-order valence-electron chi connectivity index (χ0n) is 22.1. The number of fused-ring (bicyclic) bond motifs is 1. The van der Waals surface area contributed by atoms with Crippen LogP contribution < -0.4 is 4.90 Å². The van der Waals surface area contributed by atoms with Gasteiger partial charge in [0.15, 0.2) is 17.0 Å². The Balaban J connectivity index is 1.97. The Kier molecular flexibility index (Phi) is 8.85. The van der Waals surface area contributed by atoms with Crippen molar-refractivity contribution in [1.29, 1.82) is 0 Å². The largest absolute Gasteiger partial charge is 0.460 e. The highest BCUT2D eigenvalue weighted by Gasteiger charge is 2.38. The summed E-state index contributed by atoms with van der Waals surface area (Å²) in [4.78, 5) is 38.9. The average Bonchev–Trinajstić information content (AvgIpc) is 3.39. The summed E-state index contributed by atoms with van der Waals surface area (Å²) in [6.07, 6.45) is 2.16. The maximum atomic E-state index is 13.2. The molecule has 2 aromatic rings. The van der Waals surface area contributed by atoms with Crippen molar-refractivity contribution in [3.05, 3.63) is 12.7 Å². The quantitative estimate of drug-likeness (QED) is 0.418. The second-order valence-corrected chi connectivity index (χ2v) is 10.1. The zero-order chi connectivity index (χ0) is 26.5. The summed E-state index contributed by atoms with van der Waals surface area (Å²) in [5.74, 6) is 0.237. The predicted octanol–water partition coefficient (Wildman–Crippen LogP) is 3.25. The Bertz CT molecular complexity index is 1040. The zero-order valence-corrected chi connectivity index (χ0v) is 22.1. The van der Waals surface area contributed by atoms with E-state index in [-0.39, 0.29) is 30.8 Å². The van der Waals surface area contributed by atoms with Crippen LogP contribution in [0, 0.1) is 0 Å². The van der Waals surface area contributed by atoms with E-state index in [4.69, 9.17) is 23.7 Å². The lowest BCUT2D eigenvalue weighted by molar-refractivity contribution is -0.139. The van der Waals surface area contributed by atoms with Gasteiger partial charge in [-0.05, 0) is 48.5 Å². The fourth-order valence-corrected chi connectivity index (χ4v) is 3.98. The van der Waals surface area contributed by atoms with Crippen LogP contribution in [-0.2, 0) is 28.5 Å². The minimum absolute atomic E-state index is 0.0115. The summed E-state index contributed by atoms with van der Waals surface area (Å²) < 4.78 is 30.3. The minimum atomic E-state index is -1.01. The topological polar surface area (TPSA) is 127 Å². The van der Waals surface area contributed by atoms with Crippen molar-refractivity contribution < 1.29 is 33.3 Å². The molecule has 0 spiro atoms. The first kappa shape index (κ1) is 27.8. The number of amides is 1. The van der Waals surface area contributed by atoms with Crippen LogP contribution in [0.5, 0.6) is 0 Å². The summed E-state index contributed by atoms with van der Waals surface area (Å²) in [5.41, 5.74) is -0.891. The third-order valence-electron chi connectivity index (χ3n) is 5.47. The van der Waals surface area contributed by atoms with Gasteiger partial charge in [-0.2, -0.15) is 0 Å². The van der Waals surface area contributed by atoms with E-state index in [1.165, 1.54) is 11.2 Å². The Morgan fingerprint density at radius 1 is 1.19 bits per heavy atom. The lowest BCUT2D eigenvalue weighted by Crippen LogP contribution is -2.46. The number of anilines is 1. The number of carbonyl (C=O) groups excluding carboxylic acids is 2. The van der Waals surface area contributed by atoms with Gasteiger partial charge in [-0.1, -0.05) is 0 Å². The van der Waals surface area contributed by atoms with Crippen LogP contribution in [0.1, 0.15) is 61.1 Å². The molecular formula is C24H37N5O7. The number of carbonyl (C=O) groups is 2. The van der Waals surface area contributed by atoms with Crippen LogP contribution in [0.15, 0.2) is 12.7 Å². The van der Waals surface area contributed by atoms with E-state index in [2.05, 4.69) is 15.0 Å². The maximum Gasteiger partial charge on any atom is 0.416 e. The van der Waals surface area contributed by atoms with E-state index in [1.54, 1.807) is 45.5 Å². The molecule has 0 saturated carbocycles. The van der Waals surface area contributed by atoms with Gasteiger partial charge in [-0.3, -0.25) is 14.3 Å². The summed E-state index contributed by atoms with van der Waals surface area (Å²) in [6, 6.07) is 0. The molecular weight excluding hydrogens is 470 g/mol. The number of imidazole rings is 1. The summed E-state index contributed by atoms with van der Waals surface area (Å²) in [6.45, 7) is 14.5. The summed E-state index contributed by atoms with van der Waals surface area (Å²) in [5, 5.41) is 0. The van der Waals surface area contributed by atoms with E-state index in [9.17, 15) is 9.59 Å². The van der Waals surface area contributed by atoms with Gasteiger partial charge in [-0.25, -0.2) is 19.7 Å². The number of aromatic nitrogens is 4. The fraction of sp³-hybridized carbons (Fsp3) is 0.708. The van der Waals surface area contributed by atoms with Gasteiger partial charge in [0, 0.05) is 19.6 Å². The molecule has 0 aromatic carbocycles. The number of hydrogen-bond donors (Lipinski definition) is 0.